The summed E-state index contributed by atoms with van der Waals surface area (Å²) < 4.78 is 38.1. The van der Waals surface area contributed by atoms with Crippen molar-refractivity contribution in [3.63, 3.8) is 0 Å². The molecule has 7 nitrogen and oxygen atoms in total. The van der Waals surface area contributed by atoms with Crippen LogP contribution in [0.3, 0.4) is 0 Å². The molecule has 3 saturated heterocycles. The van der Waals surface area contributed by atoms with Crippen LogP contribution >= 0.6 is 0 Å². The van der Waals surface area contributed by atoms with E-state index in [0.29, 0.717) is 32.4 Å². The van der Waals surface area contributed by atoms with Crippen molar-refractivity contribution in [3.8, 4) is 0 Å². The molecule has 1 unspecified atom stereocenters. The van der Waals surface area contributed by atoms with Crippen LogP contribution in [0.5, 0.6) is 0 Å². The molecule has 1 atom stereocenters. The van der Waals surface area contributed by atoms with Gasteiger partial charge in [0, 0.05) is 39.1 Å². The maximum Gasteiger partial charge on any atom is 0.312 e. The zero-order valence-corrected chi connectivity index (χ0v) is 16.9. The summed E-state index contributed by atoms with van der Waals surface area (Å²) in [6, 6.07) is 9.22. The van der Waals surface area contributed by atoms with E-state index in [-0.39, 0.29) is 17.8 Å². The first-order chi connectivity index (χ1) is 13.5. The van der Waals surface area contributed by atoms with Gasteiger partial charge in [0.15, 0.2) is 0 Å². The second-order valence-corrected chi connectivity index (χ2v) is 10.0. The van der Waals surface area contributed by atoms with Crippen LogP contribution in [-0.2, 0) is 30.0 Å². The molecule has 0 radical (unpaired) electrons. The largest absolute Gasteiger partial charge is 0.461 e. The van der Waals surface area contributed by atoms with E-state index >= 15 is 0 Å². The number of morpholine rings is 1. The first kappa shape index (κ1) is 19.8. The fourth-order valence-electron chi connectivity index (χ4n) is 4.49. The Kier molecular flexibility index (Phi) is 5.73. The minimum Gasteiger partial charge on any atom is -0.461 e. The topological polar surface area (TPSA) is 76.2 Å². The van der Waals surface area contributed by atoms with Gasteiger partial charge in [-0.05, 0) is 18.4 Å². The van der Waals surface area contributed by atoms with E-state index in [4.69, 9.17) is 9.47 Å². The average molecular weight is 409 g/mol. The molecule has 3 heterocycles. The van der Waals surface area contributed by atoms with Gasteiger partial charge < -0.3 is 9.47 Å². The number of nitrogens with zero attached hydrogens (tertiary/aromatic N) is 2. The molecule has 0 amide bonds. The fraction of sp³-hybridized carbons (Fsp3) is 0.650. The summed E-state index contributed by atoms with van der Waals surface area (Å²) in [6.45, 7) is 4.69. The normalized spacial score (nSPS) is 26.4. The molecule has 0 saturated carbocycles. The molecular weight excluding hydrogens is 380 g/mol. The zero-order chi connectivity index (χ0) is 19.6. The predicted molar refractivity (Wildman–Crippen MR) is 104 cm³/mol. The van der Waals surface area contributed by atoms with Crippen molar-refractivity contribution >= 4 is 16.0 Å². The first-order valence-electron chi connectivity index (χ1n) is 10.00. The molecule has 0 bridgehead atoms. The molecule has 8 heteroatoms. The van der Waals surface area contributed by atoms with E-state index < -0.39 is 15.4 Å². The Balaban J connectivity index is 1.34. The standard InChI is InChI=1S/C20H28N2O5S/c23-19-20(14-18(27-19)15-21-10-12-26-13-11-21)6-8-22(9-7-20)28(24,25)16-17-4-2-1-3-5-17/h1-5,18H,6-16H2. The summed E-state index contributed by atoms with van der Waals surface area (Å²) in [6.07, 6.45) is 1.67. The third-order valence-electron chi connectivity index (χ3n) is 6.16. The van der Waals surface area contributed by atoms with Crippen LogP contribution in [0, 0.1) is 5.41 Å². The number of cyclic esters (lactones) is 1. The van der Waals surface area contributed by atoms with Gasteiger partial charge >= 0.3 is 5.97 Å². The summed E-state index contributed by atoms with van der Waals surface area (Å²) in [7, 11) is -3.38. The number of hydrogen-bond donors (Lipinski definition) is 0. The number of piperidine rings is 1. The lowest BCUT2D eigenvalue weighted by atomic mass is 9.76. The molecule has 3 fully saturated rings. The third kappa shape index (κ3) is 4.25. The van der Waals surface area contributed by atoms with Crippen molar-refractivity contribution in [3.05, 3.63) is 35.9 Å². The lowest BCUT2D eigenvalue weighted by Gasteiger charge is -2.36. The van der Waals surface area contributed by atoms with Gasteiger partial charge in [0.05, 0.1) is 24.4 Å². The highest BCUT2D eigenvalue weighted by Crippen LogP contribution is 2.43. The lowest BCUT2D eigenvalue weighted by Crippen LogP contribution is -2.45. The Hall–Kier alpha value is -1.48. The van der Waals surface area contributed by atoms with Gasteiger partial charge in [0.25, 0.3) is 0 Å². The molecule has 0 aromatic heterocycles. The Morgan fingerprint density at radius 1 is 1.04 bits per heavy atom. The number of carbonyl (C=O) groups is 1. The number of hydrogen-bond acceptors (Lipinski definition) is 6. The second kappa shape index (κ2) is 8.10. The van der Waals surface area contributed by atoms with Gasteiger partial charge in [-0.25, -0.2) is 12.7 Å². The Labute approximate surface area is 166 Å². The van der Waals surface area contributed by atoms with Gasteiger partial charge in [-0.3, -0.25) is 9.69 Å². The smallest absolute Gasteiger partial charge is 0.312 e. The minimum absolute atomic E-state index is 0.00490. The van der Waals surface area contributed by atoms with E-state index in [2.05, 4.69) is 4.90 Å². The van der Waals surface area contributed by atoms with Crippen LogP contribution in [0.4, 0.5) is 0 Å². The highest BCUT2D eigenvalue weighted by Gasteiger charge is 2.51. The molecule has 154 valence electrons. The Morgan fingerprint density at radius 3 is 2.39 bits per heavy atom. The number of ether oxygens (including phenoxy) is 2. The van der Waals surface area contributed by atoms with Crippen molar-refractivity contribution in [2.24, 2.45) is 5.41 Å². The highest BCUT2D eigenvalue weighted by molar-refractivity contribution is 7.88. The number of carbonyl (C=O) groups excluding carboxylic acids is 1. The maximum absolute atomic E-state index is 12.8. The van der Waals surface area contributed by atoms with Crippen LogP contribution in [-0.4, -0.2) is 75.6 Å². The summed E-state index contributed by atoms with van der Waals surface area (Å²) in [5, 5.41) is 0. The van der Waals surface area contributed by atoms with E-state index in [1.807, 2.05) is 30.3 Å². The summed E-state index contributed by atoms with van der Waals surface area (Å²) in [4.78, 5) is 14.9. The molecule has 0 N–H and O–H groups in total. The van der Waals surface area contributed by atoms with Crippen molar-refractivity contribution in [2.45, 2.75) is 31.1 Å². The van der Waals surface area contributed by atoms with E-state index in [1.54, 1.807) is 0 Å². The van der Waals surface area contributed by atoms with Crippen molar-refractivity contribution in [1.29, 1.82) is 0 Å². The van der Waals surface area contributed by atoms with Crippen LogP contribution in [0.2, 0.25) is 0 Å². The number of esters is 1. The first-order valence-corrected chi connectivity index (χ1v) is 11.6. The van der Waals surface area contributed by atoms with E-state index in [0.717, 1.165) is 38.4 Å². The second-order valence-electron chi connectivity index (χ2n) is 8.07. The molecular formula is C20H28N2O5S. The van der Waals surface area contributed by atoms with Crippen molar-refractivity contribution < 1.29 is 22.7 Å². The Bertz CT molecular complexity index is 784. The predicted octanol–water partition coefficient (Wildman–Crippen LogP) is 1.25. The third-order valence-corrected chi connectivity index (χ3v) is 8.01. The van der Waals surface area contributed by atoms with Crippen LogP contribution in [0.25, 0.3) is 0 Å². The molecule has 0 aliphatic carbocycles. The van der Waals surface area contributed by atoms with Crippen molar-refractivity contribution in [2.75, 3.05) is 45.9 Å². The zero-order valence-electron chi connectivity index (χ0n) is 16.1. The molecule has 3 aliphatic rings. The van der Waals surface area contributed by atoms with Crippen LogP contribution in [0.15, 0.2) is 30.3 Å². The minimum atomic E-state index is -3.38. The number of rotatable bonds is 5. The summed E-state index contributed by atoms with van der Waals surface area (Å²) in [5.74, 6) is -0.142. The molecule has 1 aromatic rings. The summed E-state index contributed by atoms with van der Waals surface area (Å²) >= 11 is 0. The quantitative estimate of drug-likeness (QED) is 0.683. The molecule has 28 heavy (non-hydrogen) atoms. The fourth-order valence-corrected chi connectivity index (χ4v) is 6.02. The van der Waals surface area contributed by atoms with Gasteiger partial charge in [0.1, 0.15) is 6.10 Å². The van der Waals surface area contributed by atoms with Crippen LogP contribution < -0.4 is 0 Å². The molecule has 3 aliphatic heterocycles. The maximum atomic E-state index is 12.8. The molecule has 1 aromatic carbocycles. The van der Waals surface area contributed by atoms with E-state index in [9.17, 15) is 13.2 Å². The van der Waals surface area contributed by atoms with Gasteiger partial charge in [-0.2, -0.15) is 0 Å². The summed E-state index contributed by atoms with van der Waals surface area (Å²) in [5.41, 5.74) is 0.268. The number of sulfonamides is 1. The SMILES string of the molecule is O=C1OC(CN2CCOCC2)CC12CCN(S(=O)(=O)Cc1ccccc1)CC2. The lowest BCUT2D eigenvalue weighted by molar-refractivity contribution is -0.151. The molecule has 1 spiro atoms. The van der Waals surface area contributed by atoms with Crippen LogP contribution in [0.1, 0.15) is 24.8 Å². The average Bonchev–Trinajstić information content (AvgIpc) is 2.98. The van der Waals surface area contributed by atoms with E-state index in [1.165, 1.54) is 4.31 Å². The van der Waals surface area contributed by atoms with Crippen molar-refractivity contribution in [1.82, 2.24) is 9.21 Å². The Morgan fingerprint density at radius 2 is 1.71 bits per heavy atom. The van der Waals surface area contributed by atoms with Gasteiger partial charge in [0.2, 0.25) is 10.0 Å². The molecule has 4 rings (SSSR count). The number of benzene rings is 1. The van der Waals surface area contributed by atoms with Gasteiger partial charge in [-0.15, -0.1) is 0 Å². The highest BCUT2D eigenvalue weighted by atomic mass is 32.2. The van der Waals surface area contributed by atoms with Gasteiger partial charge in [-0.1, -0.05) is 30.3 Å². The monoisotopic (exact) mass is 408 g/mol.